The molecule has 1 unspecified atom stereocenters. The maximum atomic E-state index is 13.2. The van der Waals surface area contributed by atoms with Crippen LogP contribution in [0.4, 0.5) is 22.1 Å². The maximum Gasteiger partial charge on any atom is 0.415 e. The summed E-state index contributed by atoms with van der Waals surface area (Å²) in [7, 11) is 0. The Labute approximate surface area is 189 Å². The fraction of sp³-hybridized carbons (Fsp3) is 0.217. The predicted molar refractivity (Wildman–Crippen MR) is 120 cm³/mol. The summed E-state index contributed by atoms with van der Waals surface area (Å²) in [6, 6.07) is 16.0. The smallest absolute Gasteiger partial charge is 0.415 e. The average Bonchev–Trinajstić information content (AvgIpc) is 3.37. The van der Waals surface area contributed by atoms with Gasteiger partial charge in [0.1, 0.15) is 0 Å². The Bertz CT molecular complexity index is 1160. The molecule has 1 atom stereocenters. The van der Waals surface area contributed by atoms with Crippen molar-refractivity contribution in [1.29, 1.82) is 0 Å². The van der Waals surface area contributed by atoms with Crippen LogP contribution in [0.2, 0.25) is 5.02 Å². The Morgan fingerprint density at radius 2 is 1.84 bits per heavy atom. The summed E-state index contributed by atoms with van der Waals surface area (Å²) in [5.41, 5.74) is 1.28. The third-order valence-electron chi connectivity index (χ3n) is 5.64. The van der Waals surface area contributed by atoms with Crippen molar-refractivity contribution in [1.82, 2.24) is 14.9 Å². The van der Waals surface area contributed by atoms with Crippen LogP contribution in [0, 0.1) is 0 Å². The van der Waals surface area contributed by atoms with Gasteiger partial charge in [0.05, 0.1) is 13.1 Å². The Balaban J connectivity index is 1.28. The standard InChI is InChI=1S/C23H20ClN5O3/c24-17-5-7-19(8-6-17)29-15-23(32-22(29)31)9-12-28(14-23)20(30)16-3-1-4-18(13-16)27-21-25-10-2-11-26-21/h1-8,10-11,13H,9,12,14-15H2,(H,25,26,27). The number of carbonyl (C=O) groups is 2. The van der Waals surface area contributed by atoms with Gasteiger partial charge in [0, 0.05) is 47.3 Å². The Kier molecular flexibility index (Phi) is 5.14. The van der Waals surface area contributed by atoms with Crippen molar-refractivity contribution in [3.63, 3.8) is 0 Å². The second kappa shape index (κ2) is 8.12. The fourth-order valence-electron chi connectivity index (χ4n) is 4.08. The van der Waals surface area contributed by atoms with E-state index in [0.717, 1.165) is 11.4 Å². The highest BCUT2D eigenvalue weighted by Crippen LogP contribution is 2.36. The van der Waals surface area contributed by atoms with Gasteiger partial charge in [-0.25, -0.2) is 14.8 Å². The lowest BCUT2D eigenvalue weighted by Gasteiger charge is -2.22. The van der Waals surface area contributed by atoms with E-state index in [1.807, 2.05) is 12.1 Å². The van der Waals surface area contributed by atoms with Crippen LogP contribution in [0.25, 0.3) is 0 Å². The largest absolute Gasteiger partial charge is 0.439 e. The number of anilines is 3. The minimum absolute atomic E-state index is 0.111. The first-order valence-electron chi connectivity index (χ1n) is 10.2. The fourth-order valence-corrected chi connectivity index (χ4v) is 4.20. The van der Waals surface area contributed by atoms with E-state index in [2.05, 4.69) is 15.3 Å². The lowest BCUT2D eigenvalue weighted by molar-refractivity contribution is 0.0553. The highest BCUT2D eigenvalue weighted by atomic mass is 35.5. The van der Waals surface area contributed by atoms with Gasteiger partial charge in [0.15, 0.2) is 5.60 Å². The summed E-state index contributed by atoms with van der Waals surface area (Å²) >= 11 is 5.95. The summed E-state index contributed by atoms with van der Waals surface area (Å²) in [6.45, 7) is 1.26. The van der Waals surface area contributed by atoms with Gasteiger partial charge in [-0.05, 0) is 48.5 Å². The molecule has 0 saturated carbocycles. The number of ether oxygens (including phenoxy) is 1. The normalized spacial score (nSPS) is 20.0. The monoisotopic (exact) mass is 449 g/mol. The van der Waals surface area contributed by atoms with Crippen molar-refractivity contribution in [2.24, 2.45) is 0 Å². The van der Waals surface area contributed by atoms with E-state index < -0.39 is 11.7 Å². The maximum absolute atomic E-state index is 13.2. The van der Waals surface area contributed by atoms with Crippen molar-refractivity contribution < 1.29 is 14.3 Å². The number of halogens is 1. The highest BCUT2D eigenvalue weighted by Gasteiger charge is 2.51. The number of hydrogen-bond acceptors (Lipinski definition) is 6. The van der Waals surface area contributed by atoms with E-state index in [9.17, 15) is 9.59 Å². The third-order valence-corrected chi connectivity index (χ3v) is 5.90. The average molecular weight is 450 g/mol. The Morgan fingerprint density at radius 1 is 1.06 bits per heavy atom. The van der Waals surface area contributed by atoms with Crippen LogP contribution in [0.5, 0.6) is 0 Å². The van der Waals surface area contributed by atoms with E-state index in [-0.39, 0.29) is 5.91 Å². The molecule has 8 nitrogen and oxygen atoms in total. The van der Waals surface area contributed by atoms with Crippen LogP contribution in [0.15, 0.2) is 67.0 Å². The van der Waals surface area contributed by atoms with E-state index in [1.54, 1.807) is 64.7 Å². The zero-order valence-corrected chi connectivity index (χ0v) is 17.8. The first kappa shape index (κ1) is 20.3. The SMILES string of the molecule is O=C(c1cccc(Nc2ncccn2)c1)N1CCC2(C1)CN(c1ccc(Cl)cc1)C(=O)O2. The quantitative estimate of drug-likeness (QED) is 0.644. The molecule has 5 rings (SSSR count). The lowest BCUT2D eigenvalue weighted by Crippen LogP contribution is -2.39. The van der Waals surface area contributed by atoms with Crippen LogP contribution in [-0.2, 0) is 4.74 Å². The molecule has 2 saturated heterocycles. The molecule has 2 aromatic carbocycles. The van der Waals surface area contributed by atoms with Crippen LogP contribution in [0.3, 0.4) is 0 Å². The molecule has 0 radical (unpaired) electrons. The lowest BCUT2D eigenvalue weighted by atomic mass is 10.0. The minimum atomic E-state index is -0.708. The number of rotatable bonds is 4. The second-order valence-corrected chi connectivity index (χ2v) is 8.30. The zero-order chi connectivity index (χ0) is 22.1. The van der Waals surface area contributed by atoms with Gasteiger partial charge >= 0.3 is 6.09 Å². The summed E-state index contributed by atoms with van der Waals surface area (Å²) in [5, 5.41) is 3.69. The molecule has 162 valence electrons. The van der Waals surface area contributed by atoms with Crippen molar-refractivity contribution in [3.05, 3.63) is 77.6 Å². The number of amides is 2. The Morgan fingerprint density at radius 3 is 2.62 bits per heavy atom. The van der Waals surface area contributed by atoms with Crippen molar-refractivity contribution >= 4 is 40.9 Å². The highest BCUT2D eigenvalue weighted by molar-refractivity contribution is 6.30. The van der Waals surface area contributed by atoms with E-state index in [4.69, 9.17) is 16.3 Å². The summed E-state index contributed by atoms with van der Waals surface area (Å²) in [4.78, 5) is 37.3. The second-order valence-electron chi connectivity index (χ2n) is 7.87. The molecule has 1 aromatic heterocycles. The predicted octanol–water partition coefficient (Wildman–Crippen LogP) is 4.12. The molecule has 32 heavy (non-hydrogen) atoms. The molecule has 2 fully saturated rings. The molecule has 2 amide bonds. The summed E-state index contributed by atoms with van der Waals surface area (Å²) < 4.78 is 5.76. The summed E-state index contributed by atoms with van der Waals surface area (Å²) in [6.07, 6.45) is 3.47. The van der Waals surface area contributed by atoms with Gasteiger partial charge in [-0.2, -0.15) is 0 Å². The van der Waals surface area contributed by atoms with Crippen molar-refractivity contribution in [2.45, 2.75) is 12.0 Å². The number of nitrogens with zero attached hydrogens (tertiary/aromatic N) is 4. The van der Waals surface area contributed by atoms with Crippen LogP contribution >= 0.6 is 11.6 Å². The van der Waals surface area contributed by atoms with Gasteiger partial charge in [-0.1, -0.05) is 17.7 Å². The minimum Gasteiger partial charge on any atom is -0.439 e. The molecule has 2 aliphatic rings. The number of hydrogen-bond donors (Lipinski definition) is 1. The zero-order valence-electron chi connectivity index (χ0n) is 17.1. The number of nitrogens with one attached hydrogen (secondary N) is 1. The molecular weight excluding hydrogens is 430 g/mol. The van der Waals surface area contributed by atoms with Crippen LogP contribution in [0.1, 0.15) is 16.8 Å². The Hall–Kier alpha value is -3.65. The third kappa shape index (κ3) is 3.97. The van der Waals surface area contributed by atoms with E-state index in [1.165, 1.54) is 0 Å². The van der Waals surface area contributed by atoms with Gasteiger partial charge in [-0.15, -0.1) is 0 Å². The number of carbonyl (C=O) groups excluding carboxylic acids is 2. The first-order valence-corrected chi connectivity index (χ1v) is 10.6. The molecule has 2 aliphatic heterocycles. The number of likely N-dealkylation sites (tertiary alicyclic amines) is 1. The number of benzene rings is 2. The van der Waals surface area contributed by atoms with Gasteiger partial charge in [0.25, 0.3) is 5.91 Å². The molecular formula is C23H20ClN5O3. The number of aromatic nitrogens is 2. The van der Waals surface area contributed by atoms with Crippen molar-refractivity contribution in [3.8, 4) is 0 Å². The van der Waals surface area contributed by atoms with E-state index in [0.29, 0.717) is 42.6 Å². The first-order chi connectivity index (χ1) is 15.5. The van der Waals surface area contributed by atoms with Gasteiger partial charge in [-0.3, -0.25) is 9.69 Å². The molecule has 3 heterocycles. The molecule has 0 bridgehead atoms. The van der Waals surface area contributed by atoms with Crippen molar-refractivity contribution in [2.75, 3.05) is 29.9 Å². The molecule has 1 N–H and O–H groups in total. The van der Waals surface area contributed by atoms with E-state index >= 15 is 0 Å². The molecule has 1 spiro atoms. The molecule has 9 heteroatoms. The topological polar surface area (TPSA) is 87.7 Å². The van der Waals surface area contributed by atoms with Crippen LogP contribution < -0.4 is 10.2 Å². The molecule has 3 aromatic rings. The van der Waals surface area contributed by atoms with Gasteiger partial charge < -0.3 is 15.0 Å². The van der Waals surface area contributed by atoms with Gasteiger partial charge in [0.2, 0.25) is 5.95 Å². The van der Waals surface area contributed by atoms with Crippen LogP contribution in [-0.4, -0.2) is 52.1 Å². The summed E-state index contributed by atoms with van der Waals surface area (Å²) in [5.74, 6) is 0.345. The molecule has 0 aliphatic carbocycles.